The Morgan fingerprint density at radius 2 is 1.62 bits per heavy atom. The molecule has 0 N–H and O–H groups in total. The van der Waals surface area contributed by atoms with Gasteiger partial charge in [0.05, 0.1) is 6.04 Å². The SMILES string of the molecule is C[C@@H](C(=O)N1CCc2ccccc21)N1CCN(S(=O)(=O)c2ccccc2F)CC1. The molecule has 2 aromatic carbocycles. The van der Waals surface area contributed by atoms with Gasteiger partial charge in [0.15, 0.2) is 0 Å². The number of hydrogen-bond acceptors (Lipinski definition) is 4. The molecular weight excluding hydrogens is 393 g/mol. The molecule has 0 unspecified atom stereocenters. The van der Waals surface area contributed by atoms with Crippen molar-refractivity contribution < 1.29 is 17.6 Å². The van der Waals surface area contributed by atoms with Crippen molar-refractivity contribution >= 4 is 21.6 Å². The number of amides is 1. The van der Waals surface area contributed by atoms with E-state index in [4.69, 9.17) is 0 Å². The van der Waals surface area contributed by atoms with Gasteiger partial charge >= 0.3 is 0 Å². The summed E-state index contributed by atoms with van der Waals surface area (Å²) in [6.07, 6.45) is 0.850. The average Bonchev–Trinajstić information content (AvgIpc) is 3.17. The molecule has 0 saturated carbocycles. The van der Waals surface area contributed by atoms with Crippen LogP contribution in [0.15, 0.2) is 53.4 Å². The van der Waals surface area contributed by atoms with Gasteiger partial charge < -0.3 is 4.90 Å². The van der Waals surface area contributed by atoms with Crippen LogP contribution in [0.25, 0.3) is 0 Å². The number of sulfonamides is 1. The summed E-state index contributed by atoms with van der Waals surface area (Å²) in [5.74, 6) is -0.716. The zero-order valence-electron chi connectivity index (χ0n) is 16.3. The third kappa shape index (κ3) is 3.68. The molecular formula is C21H24FN3O3S. The number of halogens is 1. The maximum atomic E-state index is 14.0. The van der Waals surface area contributed by atoms with Crippen LogP contribution < -0.4 is 4.90 Å². The minimum atomic E-state index is -3.88. The van der Waals surface area contributed by atoms with Crippen LogP contribution in [0.3, 0.4) is 0 Å². The number of carbonyl (C=O) groups is 1. The van der Waals surface area contributed by atoms with E-state index in [0.29, 0.717) is 19.6 Å². The van der Waals surface area contributed by atoms with Gasteiger partial charge in [-0.3, -0.25) is 9.69 Å². The smallest absolute Gasteiger partial charge is 0.246 e. The highest BCUT2D eigenvalue weighted by atomic mass is 32.2. The molecule has 154 valence electrons. The molecule has 0 radical (unpaired) electrons. The van der Waals surface area contributed by atoms with E-state index in [2.05, 4.69) is 0 Å². The molecule has 1 saturated heterocycles. The van der Waals surface area contributed by atoms with Crippen LogP contribution in [-0.2, 0) is 21.2 Å². The summed E-state index contributed by atoms with van der Waals surface area (Å²) in [5, 5.41) is 0. The minimum Gasteiger partial charge on any atom is -0.310 e. The first-order valence-electron chi connectivity index (χ1n) is 9.77. The molecule has 0 bridgehead atoms. The minimum absolute atomic E-state index is 0.0281. The number of nitrogens with zero attached hydrogens (tertiary/aromatic N) is 3. The normalized spacial score (nSPS) is 19.2. The molecule has 1 amide bonds. The van der Waals surface area contributed by atoms with Crippen molar-refractivity contribution in [2.24, 2.45) is 0 Å². The van der Waals surface area contributed by atoms with Crippen LogP contribution in [0.1, 0.15) is 12.5 Å². The Hall–Kier alpha value is -2.29. The number of fused-ring (bicyclic) bond motifs is 1. The second kappa shape index (κ2) is 7.85. The van der Waals surface area contributed by atoms with Crippen LogP contribution in [0.5, 0.6) is 0 Å². The first-order chi connectivity index (χ1) is 13.9. The summed E-state index contributed by atoms with van der Waals surface area (Å²) in [7, 11) is -3.88. The van der Waals surface area contributed by atoms with E-state index >= 15 is 0 Å². The summed E-state index contributed by atoms with van der Waals surface area (Å²) in [6.45, 7) is 3.84. The molecule has 0 aromatic heterocycles. The first kappa shape index (κ1) is 20.0. The van der Waals surface area contributed by atoms with Gasteiger partial charge in [0.1, 0.15) is 10.7 Å². The van der Waals surface area contributed by atoms with Crippen LogP contribution in [0.2, 0.25) is 0 Å². The van der Waals surface area contributed by atoms with E-state index in [1.807, 2.05) is 41.0 Å². The second-order valence-corrected chi connectivity index (χ2v) is 9.32. The number of rotatable bonds is 4. The monoisotopic (exact) mass is 417 g/mol. The summed E-state index contributed by atoms with van der Waals surface area (Å²) < 4.78 is 40.8. The van der Waals surface area contributed by atoms with Gasteiger partial charge in [0, 0.05) is 38.4 Å². The fourth-order valence-corrected chi connectivity index (χ4v) is 5.56. The molecule has 0 spiro atoms. The van der Waals surface area contributed by atoms with Gasteiger partial charge in [-0.2, -0.15) is 4.31 Å². The molecule has 1 atom stereocenters. The molecule has 8 heteroatoms. The van der Waals surface area contributed by atoms with E-state index in [0.717, 1.165) is 18.2 Å². The largest absolute Gasteiger partial charge is 0.310 e. The Morgan fingerprint density at radius 1 is 0.966 bits per heavy atom. The summed E-state index contributed by atoms with van der Waals surface area (Å²) in [6, 6.07) is 13.0. The zero-order chi connectivity index (χ0) is 20.6. The standard InChI is InChI=1S/C21H24FN3O3S/c1-16(21(26)25-11-10-17-6-2-4-8-19(17)25)23-12-14-24(15-13-23)29(27,28)20-9-5-3-7-18(20)22/h2-9,16H,10-15H2,1H3/t16-/m0/s1. The molecule has 2 aliphatic rings. The number of benzene rings is 2. The van der Waals surface area contributed by atoms with E-state index in [-0.39, 0.29) is 29.9 Å². The lowest BCUT2D eigenvalue weighted by Crippen LogP contribution is -2.55. The summed E-state index contributed by atoms with van der Waals surface area (Å²) >= 11 is 0. The highest BCUT2D eigenvalue weighted by Gasteiger charge is 2.35. The maximum absolute atomic E-state index is 14.0. The van der Waals surface area contributed by atoms with Crippen molar-refractivity contribution in [3.05, 3.63) is 59.9 Å². The maximum Gasteiger partial charge on any atom is 0.246 e. The van der Waals surface area contributed by atoms with Crippen molar-refractivity contribution in [1.82, 2.24) is 9.21 Å². The Bertz CT molecular complexity index is 1020. The molecule has 6 nitrogen and oxygen atoms in total. The Labute approximate surface area is 170 Å². The van der Waals surface area contributed by atoms with E-state index in [1.54, 1.807) is 0 Å². The highest BCUT2D eigenvalue weighted by Crippen LogP contribution is 2.29. The quantitative estimate of drug-likeness (QED) is 0.765. The van der Waals surface area contributed by atoms with Crippen molar-refractivity contribution in [1.29, 1.82) is 0 Å². The lowest BCUT2D eigenvalue weighted by atomic mass is 10.1. The number of piperazine rings is 1. The number of para-hydroxylation sites is 1. The van der Waals surface area contributed by atoms with Gasteiger partial charge in [0.2, 0.25) is 15.9 Å². The van der Waals surface area contributed by atoms with E-state index in [9.17, 15) is 17.6 Å². The lowest BCUT2D eigenvalue weighted by molar-refractivity contribution is -0.123. The average molecular weight is 418 g/mol. The van der Waals surface area contributed by atoms with Crippen molar-refractivity contribution in [2.45, 2.75) is 24.3 Å². The molecule has 0 aliphatic carbocycles. The molecule has 29 heavy (non-hydrogen) atoms. The Kier molecular flexibility index (Phi) is 5.42. The fraction of sp³-hybridized carbons (Fsp3) is 0.381. The summed E-state index contributed by atoms with van der Waals surface area (Å²) in [4.78, 5) is 16.6. The van der Waals surface area contributed by atoms with Gasteiger partial charge in [-0.1, -0.05) is 30.3 Å². The molecule has 1 fully saturated rings. The number of anilines is 1. The molecule has 2 heterocycles. The summed E-state index contributed by atoms with van der Waals surface area (Å²) in [5.41, 5.74) is 2.14. The molecule has 2 aliphatic heterocycles. The topological polar surface area (TPSA) is 60.9 Å². The van der Waals surface area contributed by atoms with Crippen LogP contribution in [-0.4, -0.2) is 62.3 Å². The predicted molar refractivity (Wildman–Crippen MR) is 109 cm³/mol. The van der Waals surface area contributed by atoms with Gasteiger partial charge in [-0.25, -0.2) is 12.8 Å². The third-order valence-corrected chi connectivity index (χ3v) is 7.72. The zero-order valence-corrected chi connectivity index (χ0v) is 17.1. The molecule has 4 rings (SSSR count). The highest BCUT2D eigenvalue weighted by molar-refractivity contribution is 7.89. The van der Waals surface area contributed by atoms with Crippen LogP contribution in [0, 0.1) is 5.82 Å². The first-order valence-corrected chi connectivity index (χ1v) is 11.2. The number of hydrogen-bond donors (Lipinski definition) is 0. The van der Waals surface area contributed by atoms with E-state index < -0.39 is 15.8 Å². The Morgan fingerprint density at radius 3 is 2.34 bits per heavy atom. The van der Waals surface area contributed by atoms with Crippen LogP contribution in [0.4, 0.5) is 10.1 Å². The van der Waals surface area contributed by atoms with Gasteiger partial charge in [0.25, 0.3) is 0 Å². The van der Waals surface area contributed by atoms with E-state index in [1.165, 1.54) is 28.1 Å². The number of carbonyl (C=O) groups excluding carboxylic acids is 1. The van der Waals surface area contributed by atoms with Crippen molar-refractivity contribution in [3.63, 3.8) is 0 Å². The van der Waals surface area contributed by atoms with Crippen molar-refractivity contribution in [2.75, 3.05) is 37.6 Å². The lowest BCUT2D eigenvalue weighted by Gasteiger charge is -2.38. The van der Waals surface area contributed by atoms with Gasteiger partial charge in [-0.15, -0.1) is 0 Å². The third-order valence-electron chi connectivity index (χ3n) is 5.79. The predicted octanol–water partition coefficient (Wildman–Crippen LogP) is 2.11. The van der Waals surface area contributed by atoms with Crippen LogP contribution >= 0.6 is 0 Å². The van der Waals surface area contributed by atoms with Gasteiger partial charge in [-0.05, 0) is 37.1 Å². The second-order valence-electron chi connectivity index (χ2n) is 7.42. The fourth-order valence-electron chi connectivity index (χ4n) is 4.07. The Balaban J connectivity index is 1.42. The molecule has 2 aromatic rings. The van der Waals surface area contributed by atoms with Crippen molar-refractivity contribution in [3.8, 4) is 0 Å².